The van der Waals surface area contributed by atoms with E-state index in [-0.39, 0.29) is 6.54 Å². The van der Waals surface area contributed by atoms with Crippen molar-refractivity contribution in [3.05, 3.63) is 65.7 Å². The number of rotatable bonds is 4. The first-order chi connectivity index (χ1) is 10.6. The van der Waals surface area contributed by atoms with Crippen molar-refractivity contribution in [3.63, 3.8) is 0 Å². The lowest BCUT2D eigenvalue weighted by Gasteiger charge is -2.06. The summed E-state index contributed by atoms with van der Waals surface area (Å²) in [5.74, 6) is -0.0468. The van der Waals surface area contributed by atoms with Gasteiger partial charge in [-0.15, -0.1) is 0 Å². The highest BCUT2D eigenvalue weighted by atomic mass is 16.5. The summed E-state index contributed by atoms with van der Waals surface area (Å²) in [4.78, 5) is 9.24. The number of aryl methyl sites for hydroxylation is 1. The van der Waals surface area contributed by atoms with Gasteiger partial charge in [-0.1, -0.05) is 61.9 Å². The lowest BCUT2D eigenvalue weighted by molar-refractivity contribution is -0.135. The second-order valence-electron chi connectivity index (χ2n) is 4.19. The molecule has 0 atom stereocenters. The van der Waals surface area contributed by atoms with E-state index in [1.807, 2.05) is 44.2 Å². The molecule has 0 saturated carbocycles. The van der Waals surface area contributed by atoms with Gasteiger partial charge in [0.25, 0.3) is 0 Å². The Morgan fingerprint density at radius 1 is 1.05 bits per heavy atom. The zero-order valence-electron chi connectivity index (χ0n) is 13.5. The van der Waals surface area contributed by atoms with Gasteiger partial charge in [-0.25, -0.2) is 0 Å². The normalized spacial score (nSPS) is 8.73. The SMILES string of the molecule is CC.Cc1ccc(OCc2ccccc2)cc1.NCC(=O)O. The Bertz CT molecular complexity index is 510. The van der Waals surface area contributed by atoms with Crippen molar-refractivity contribution in [3.8, 4) is 5.75 Å². The van der Waals surface area contributed by atoms with Gasteiger partial charge in [0.1, 0.15) is 12.4 Å². The average Bonchev–Trinajstić information content (AvgIpc) is 2.57. The first kappa shape index (κ1) is 19.7. The van der Waals surface area contributed by atoms with Crippen molar-refractivity contribution in [1.82, 2.24) is 0 Å². The first-order valence-corrected chi connectivity index (χ1v) is 7.27. The molecule has 0 aliphatic rings. The van der Waals surface area contributed by atoms with Gasteiger partial charge >= 0.3 is 5.97 Å². The number of carboxylic acid groups (broad SMARTS) is 1. The monoisotopic (exact) mass is 303 g/mol. The topological polar surface area (TPSA) is 72.5 Å². The number of nitrogens with two attached hydrogens (primary N) is 1. The number of hydrogen-bond donors (Lipinski definition) is 2. The Labute approximate surface area is 132 Å². The van der Waals surface area contributed by atoms with Crippen LogP contribution < -0.4 is 10.5 Å². The van der Waals surface area contributed by atoms with Crippen molar-refractivity contribution in [2.45, 2.75) is 27.4 Å². The summed E-state index contributed by atoms with van der Waals surface area (Å²) in [6.45, 7) is 6.42. The molecule has 2 aromatic carbocycles. The number of carbonyl (C=O) groups is 1. The van der Waals surface area contributed by atoms with Gasteiger partial charge in [0.2, 0.25) is 0 Å². The fourth-order valence-electron chi connectivity index (χ4n) is 1.38. The van der Waals surface area contributed by atoms with Crippen LogP contribution >= 0.6 is 0 Å². The van der Waals surface area contributed by atoms with Crippen molar-refractivity contribution < 1.29 is 14.6 Å². The molecular weight excluding hydrogens is 278 g/mol. The van der Waals surface area contributed by atoms with Gasteiger partial charge in [0.15, 0.2) is 0 Å². The molecular formula is C18H25NO3. The number of aliphatic carboxylic acids is 1. The average molecular weight is 303 g/mol. The van der Waals surface area contributed by atoms with E-state index in [4.69, 9.17) is 9.84 Å². The molecule has 0 aliphatic carbocycles. The third-order valence-electron chi connectivity index (χ3n) is 2.44. The molecule has 22 heavy (non-hydrogen) atoms. The maximum atomic E-state index is 9.24. The third-order valence-corrected chi connectivity index (χ3v) is 2.44. The van der Waals surface area contributed by atoms with Crippen molar-refractivity contribution in [2.75, 3.05) is 6.54 Å². The highest BCUT2D eigenvalue weighted by Crippen LogP contribution is 2.13. The molecule has 4 nitrogen and oxygen atoms in total. The Hall–Kier alpha value is -2.33. The molecule has 0 heterocycles. The largest absolute Gasteiger partial charge is 0.489 e. The zero-order valence-corrected chi connectivity index (χ0v) is 13.5. The molecule has 0 saturated heterocycles. The minimum Gasteiger partial charge on any atom is -0.489 e. The zero-order chi connectivity index (χ0) is 16.8. The Balaban J connectivity index is 0.000000540. The standard InChI is InChI=1S/C14H14O.C2H5NO2.C2H6/c1-12-7-9-14(10-8-12)15-11-13-5-3-2-4-6-13;3-1-2(4)5;1-2/h2-10H,11H2,1H3;1,3H2,(H,4,5);1-2H3. The first-order valence-electron chi connectivity index (χ1n) is 7.27. The summed E-state index contributed by atoms with van der Waals surface area (Å²) in [6.07, 6.45) is 0. The van der Waals surface area contributed by atoms with E-state index in [1.54, 1.807) is 0 Å². The number of benzene rings is 2. The lowest BCUT2D eigenvalue weighted by atomic mass is 10.2. The maximum Gasteiger partial charge on any atom is 0.317 e. The fourth-order valence-corrected chi connectivity index (χ4v) is 1.38. The fraction of sp³-hybridized carbons (Fsp3) is 0.278. The van der Waals surface area contributed by atoms with E-state index >= 15 is 0 Å². The van der Waals surface area contributed by atoms with Crippen molar-refractivity contribution >= 4 is 5.97 Å². The molecule has 3 N–H and O–H groups in total. The van der Waals surface area contributed by atoms with Gasteiger partial charge < -0.3 is 15.6 Å². The molecule has 0 amide bonds. The van der Waals surface area contributed by atoms with E-state index in [0.717, 1.165) is 5.75 Å². The van der Waals surface area contributed by atoms with Crippen LogP contribution in [0.15, 0.2) is 54.6 Å². The summed E-state index contributed by atoms with van der Waals surface area (Å²) in [5, 5.41) is 7.60. The Morgan fingerprint density at radius 3 is 2.00 bits per heavy atom. The van der Waals surface area contributed by atoms with Crippen LogP contribution in [0.25, 0.3) is 0 Å². The third kappa shape index (κ3) is 9.55. The molecule has 2 aromatic rings. The van der Waals surface area contributed by atoms with E-state index in [9.17, 15) is 4.79 Å². The van der Waals surface area contributed by atoms with Crippen LogP contribution in [0, 0.1) is 6.92 Å². The molecule has 0 fully saturated rings. The number of ether oxygens (including phenoxy) is 1. The van der Waals surface area contributed by atoms with Gasteiger partial charge in [-0.2, -0.15) is 0 Å². The van der Waals surface area contributed by atoms with Gasteiger partial charge in [-0.05, 0) is 24.6 Å². The lowest BCUT2D eigenvalue weighted by Crippen LogP contribution is -2.10. The van der Waals surface area contributed by atoms with E-state index in [0.29, 0.717) is 6.61 Å². The predicted octanol–water partition coefficient (Wildman–Crippen LogP) is 3.63. The summed E-state index contributed by atoms with van der Waals surface area (Å²) in [6, 6.07) is 18.3. The highest BCUT2D eigenvalue weighted by molar-refractivity contribution is 5.68. The van der Waals surface area contributed by atoms with Crippen molar-refractivity contribution in [2.24, 2.45) is 5.73 Å². The summed E-state index contributed by atoms with van der Waals surface area (Å²) < 4.78 is 5.65. The molecule has 4 heteroatoms. The summed E-state index contributed by atoms with van der Waals surface area (Å²) >= 11 is 0. The minimum absolute atomic E-state index is 0.278. The predicted molar refractivity (Wildman–Crippen MR) is 90.0 cm³/mol. The van der Waals surface area contributed by atoms with Crippen LogP contribution in [-0.2, 0) is 11.4 Å². The van der Waals surface area contributed by atoms with Crippen LogP contribution in [0.1, 0.15) is 25.0 Å². The molecule has 120 valence electrons. The van der Waals surface area contributed by atoms with Gasteiger partial charge in [0.05, 0.1) is 6.54 Å². The Kier molecular flexibility index (Phi) is 11.1. The maximum absolute atomic E-state index is 9.24. The molecule has 0 aromatic heterocycles. The summed E-state index contributed by atoms with van der Waals surface area (Å²) in [5.41, 5.74) is 7.02. The van der Waals surface area contributed by atoms with Crippen LogP contribution in [0.3, 0.4) is 0 Å². The van der Waals surface area contributed by atoms with E-state index in [1.165, 1.54) is 11.1 Å². The highest BCUT2D eigenvalue weighted by Gasteiger charge is 1.94. The van der Waals surface area contributed by atoms with Crippen molar-refractivity contribution in [1.29, 1.82) is 0 Å². The van der Waals surface area contributed by atoms with E-state index < -0.39 is 5.97 Å². The van der Waals surface area contributed by atoms with Crippen LogP contribution in [0.2, 0.25) is 0 Å². The second-order valence-corrected chi connectivity index (χ2v) is 4.19. The smallest absolute Gasteiger partial charge is 0.317 e. The molecule has 0 unspecified atom stereocenters. The van der Waals surface area contributed by atoms with Crippen LogP contribution in [0.4, 0.5) is 0 Å². The molecule has 0 spiro atoms. The molecule has 0 radical (unpaired) electrons. The second kappa shape index (κ2) is 12.4. The molecule has 0 aliphatic heterocycles. The Morgan fingerprint density at radius 2 is 1.55 bits per heavy atom. The minimum atomic E-state index is -0.968. The van der Waals surface area contributed by atoms with E-state index in [2.05, 4.69) is 36.9 Å². The van der Waals surface area contributed by atoms with Crippen LogP contribution in [-0.4, -0.2) is 17.6 Å². The number of carboxylic acids is 1. The van der Waals surface area contributed by atoms with Gasteiger partial charge in [-0.3, -0.25) is 4.79 Å². The van der Waals surface area contributed by atoms with Crippen LogP contribution in [0.5, 0.6) is 5.75 Å². The molecule has 0 bridgehead atoms. The molecule has 2 rings (SSSR count). The van der Waals surface area contributed by atoms with Gasteiger partial charge in [0, 0.05) is 0 Å². The number of hydrogen-bond acceptors (Lipinski definition) is 3. The summed E-state index contributed by atoms with van der Waals surface area (Å²) in [7, 11) is 0. The quantitative estimate of drug-likeness (QED) is 0.904.